The second-order valence-corrected chi connectivity index (χ2v) is 4.41. The minimum Gasteiger partial charge on any atom is -0.399 e. The molecule has 0 atom stereocenters. The number of anilines is 1. The summed E-state index contributed by atoms with van der Waals surface area (Å²) in [7, 11) is 0. The lowest BCUT2D eigenvalue weighted by Crippen LogP contribution is -2.23. The highest BCUT2D eigenvalue weighted by Gasteiger charge is 2.07. The van der Waals surface area contributed by atoms with Gasteiger partial charge in [-0.1, -0.05) is 0 Å². The van der Waals surface area contributed by atoms with Gasteiger partial charge in [-0.2, -0.15) is 0 Å². The van der Waals surface area contributed by atoms with Gasteiger partial charge in [0, 0.05) is 17.4 Å². The average molecular weight is 256 g/mol. The van der Waals surface area contributed by atoms with Crippen LogP contribution in [-0.2, 0) is 6.54 Å². The maximum atomic E-state index is 12.0. The number of hydrogen-bond donors (Lipinski definition) is 2. The second-order valence-electron chi connectivity index (χ2n) is 4.41. The Kier molecular flexibility index (Phi) is 3.75. The van der Waals surface area contributed by atoms with E-state index in [1.807, 2.05) is 19.9 Å². The number of aromatic nitrogens is 2. The fourth-order valence-corrected chi connectivity index (χ4v) is 1.82. The molecule has 0 unspecified atom stereocenters. The van der Waals surface area contributed by atoms with Crippen LogP contribution in [0, 0.1) is 13.8 Å². The summed E-state index contributed by atoms with van der Waals surface area (Å²) in [5, 5.41) is 2.81. The Balaban J connectivity index is 2.05. The lowest BCUT2D eigenvalue weighted by Gasteiger charge is -2.07. The molecule has 3 N–H and O–H groups in total. The zero-order valence-electron chi connectivity index (χ0n) is 11.0. The number of benzene rings is 1. The number of nitrogens with two attached hydrogens (primary N) is 1. The molecule has 1 amide bonds. The highest BCUT2D eigenvalue weighted by atomic mass is 16.1. The molecule has 5 nitrogen and oxygen atoms in total. The molecule has 0 saturated carbocycles. The van der Waals surface area contributed by atoms with Gasteiger partial charge >= 0.3 is 0 Å². The Bertz CT molecular complexity index is 590. The normalized spacial score (nSPS) is 10.2. The zero-order chi connectivity index (χ0) is 13.8. The van der Waals surface area contributed by atoms with Gasteiger partial charge < -0.3 is 11.1 Å². The molecule has 0 saturated heterocycles. The maximum absolute atomic E-state index is 12.0. The Labute approximate surface area is 111 Å². The topological polar surface area (TPSA) is 80.9 Å². The third kappa shape index (κ3) is 3.51. The number of nitrogens with zero attached hydrogens (tertiary/aromatic N) is 2. The lowest BCUT2D eigenvalue weighted by molar-refractivity contribution is 0.0950. The van der Waals surface area contributed by atoms with Gasteiger partial charge in [0.2, 0.25) is 0 Å². The van der Waals surface area contributed by atoms with Crippen molar-refractivity contribution in [3.05, 3.63) is 53.1 Å². The van der Waals surface area contributed by atoms with Crippen molar-refractivity contribution in [3.8, 4) is 0 Å². The number of aryl methyl sites for hydroxylation is 2. The first-order chi connectivity index (χ1) is 9.04. The Morgan fingerprint density at radius 2 is 2.11 bits per heavy atom. The van der Waals surface area contributed by atoms with E-state index in [4.69, 9.17) is 5.73 Å². The molecular formula is C14H16N4O. The number of carbonyl (C=O) groups excluding carboxylic acids is 1. The van der Waals surface area contributed by atoms with E-state index in [2.05, 4.69) is 15.3 Å². The van der Waals surface area contributed by atoms with E-state index in [0.717, 1.165) is 11.3 Å². The fraction of sp³-hybridized carbons (Fsp3) is 0.214. The van der Waals surface area contributed by atoms with Crippen molar-refractivity contribution in [2.45, 2.75) is 20.4 Å². The van der Waals surface area contributed by atoms with E-state index in [1.54, 1.807) is 24.4 Å². The second kappa shape index (κ2) is 5.48. The van der Waals surface area contributed by atoms with Crippen LogP contribution in [0.3, 0.4) is 0 Å². The summed E-state index contributed by atoms with van der Waals surface area (Å²) in [6, 6.07) is 7.06. The molecule has 1 heterocycles. The number of carbonyl (C=O) groups is 1. The SMILES string of the molecule is Cc1cc(N)cc(C(=O)NCc2ccnc(C)n2)c1. The highest BCUT2D eigenvalue weighted by Crippen LogP contribution is 2.11. The summed E-state index contributed by atoms with van der Waals surface area (Å²) < 4.78 is 0. The van der Waals surface area contributed by atoms with Crippen molar-refractivity contribution in [3.63, 3.8) is 0 Å². The maximum Gasteiger partial charge on any atom is 0.251 e. The summed E-state index contributed by atoms with van der Waals surface area (Å²) in [5.41, 5.74) is 8.61. The van der Waals surface area contributed by atoms with Crippen LogP contribution < -0.4 is 11.1 Å². The number of nitrogen functional groups attached to an aromatic ring is 1. The summed E-state index contributed by atoms with van der Waals surface area (Å²) in [6.07, 6.45) is 1.68. The van der Waals surface area contributed by atoms with E-state index in [-0.39, 0.29) is 5.91 Å². The third-order valence-electron chi connectivity index (χ3n) is 2.63. The smallest absolute Gasteiger partial charge is 0.251 e. The van der Waals surface area contributed by atoms with E-state index < -0.39 is 0 Å². The molecule has 1 aromatic heterocycles. The number of amides is 1. The molecule has 0 aliphatic heterocycles. The molecule has 5 heteroatoms. The molecule has 0 aliphatic rings. The summed E-state index contributed by atoms with van der Waals surface area (Å²) in [5.74, 6) is 0.526. The quantitative estimate of drug-likeness (QED) is 0.817. The van der Waals surface area contributed by atoms with Gasteiger partial charge in [-0.05, 0) is 43.7 Å². The first-order valence-corrected chi connectivity index (χ1v) is 5.98. The molecule has 0 radical (unpaired) electrons. The standard InChI is InChI=1S/C14H16N4O/c1-9-5-11(7-12(15)6-9)14(19)17-8-13-3-4-16-10(2)18-13/h3-7H,8,15H2,1-2H3,(H,17,19). The van der Waals surface area contributed by atoms with Crippen LogP contribution in [0.2, 0.25) is 0 Å². The van der Waals surface area contributed by atoms with Crippen LogP contribution in [0.1, 0.15) is 27.4 Å². The highest BCUT2D eigenvalue weighted by molar-refractivity contribution is 5.95. The van der Waals surface area contributed by atoms with Crippen LogP contribution >= 0.6 is 0 Å². The molecule has 2 aromatic rings. The molecule has 0 spiro atoms. The van der Waals surface area contributed by atoms with Gasteiger partial charge in [0.15, 0.2) is 0 Å². The Morgan fingerprint density at radius 1 is 1.32 bits per heavy atom. The molecule has 2 rings (SSSR count). The number of nitrogens with one attached hydrogen (secondary N) is 1. The summed E-state index contributed by atoms with van der Waals surface area (Å²) in [4.78, 5) is 20.2. The van der Waals surface area contributed by atoms with Crippen LogP contribution in [-0.4, -0.2) is 15.9 Å². The zero-order valence-corrected chi connectivity index (χ0v) is 11.0. The van der Waals surface area contributed by atoms with Gasteiger partial charge in [-0.25, -0.2) is 9.97 Å². The predicted octanol–water partition coefficient (Wildman–Crippen LogP) is 1.61. The van der Waals surface area contributed by atoms with Gasteiger partial charge in [0.05, 0.1) is 12.2 Å². The Morgan fingerprint density at radius 3 is 2.79 bits per heavy atom. The van der Waals surface area contributed by atoms with E-state index >= 15 is 0 Å². The van der Waals surface area contributed by atoms with Crippen molar-refractivity contribution in [1.82, 2.24) is 15.3 Å². The van der Waals surface area contributed by atoms with Crippen molar-refractivity contribution in [2.24, 2.45) is 0 Å². The van der Waals surface area contributed by atoms with E-state index in [9.17, 15) is 4.79 Å². The first-order valence-electron chi connectivity index (χ1n) is 5.98. The molecule has 98 valence electrons. The third-order valence-corrected chi connectivity index (χ3v) is 2.63. The molecule has 0 aliphatic carbocycles. The minimum absolute atomic E-state index is 0.160. The Hall–Kier alpha value is -2.43. The molecular weight excluding hydrogens is 240 g/mol. The van der Waals surface area contributed by atoms with Crippen molar-refractivity contribution >= 4 is 11.6 Å². The molecule has 0 bridgehead atoms. The number of hydrogen-bond acceptors (Lipinski definition) is 4. The number of rotatable bonds is 3. The van der Waals surface area contributed by atoms with Gasteiger partial charge in [-0.15, -0.1) is 0 Å². The van der Waals surface area contributed by atoms with Gasteiger partial charge in [-0.3, -0.25) is 4.79 Å². The summed E-state index contributed by atoms with van der Waals surface area (Å²) >= 11 is 0. The summed E-state index contributed by atoms with van der Waals surface area (Å²) in [6.45, 7) is 4.09. The van der Waals surface area contributed by atoms with Crippen molar-refractivity contribution in [2.75, 3.05) is 5.73 Å². The largest absolute Gasteiger partial charge is 0.399 e. The predicted molar refractivity (Wildman–Crippen MR) is 73.5 cm³/mol. The minimum atomic E-state index is -0.160. The van der Waals surface area contributed by atoms with E-state index in [1.165, 1.54) is 0 Å². The van der Waals surface area contributed by atoms with Crippen molar-refractivity contribution < 1.29 is 4.79 Å². The monoisotopic (exact) mass is 256 g/mol. The average Bonchev–Trinajstić information content (AvgIpc) is 2.35. The fourth-order valence-electron chi connectivity index (χ4n) is 1.82. The molecule has 19 heavy (non-hydrogen) atoms. The van der Waals surface area contributed by atoms with Crippen LogP contribution in [0.25, 0.3) is 0 Å². The first kappa shape index (κ1) is 13.0. The van der Waals surface area contributed by atoms with Crippen LogP contribution in [0.5, 0.6) is 0 Å². The van der Waals surface area contributed by atoms with Gasteiger partial charge in [0.1, 0.15) is 5.82 Å². The van der Waals surface area contributed by atoms with E-state index in [0.29, 0.717) is 23.6 Å². The molecule has 1 aromatic carbocycles. The van der Waals surface area contributed by atoms with Crippen molar-refractivity contribution in [1.29, 1.82) is 0 Å². The molecule has 0 fully saturated rings. The van der Waals surface area contributed by atoms with Gasteiger partial charge in [0.25, 0.3) is 5.91 Å². The lowest BCUT2D eigenvalue weighted by atomic mass is 10.1. The van der Waals surface area contributed by atoms with Crippen LogP contribution in [0.15, 0.2) is 30.5 Å². The van der Waals surface area contributed by atoms with Crippen LogP contribution in [0.4, 0.5) is 5.69 Å².